The van der Waals surface area contributed by atoms with E-state index >= 15 is 0 Å². The highest BCUT2D eigenvalue weighted by atomic mass is 16.6. The van der Waals surface area contributed by atoms with Crippen molar-refractivity contribution >= 4 is 17.9 Å². The number of carbonyl (C=O) groups excluding carboxylic acids is 3. The van der Waals surface area contributed by atoms with Gasteiger partial charge in [0.2, 0.25) is 0 Å². The van der Waals surface area contributed by atoms with Gasteiger partial charge in [0.15, 0.2) is 6.10 Å². The fourth-order valence-corrected chi connectivity index (χ4v) is 8.47. The molecule has 0 aromatic carbocycles. The molecule has 0 radical (unpaired) electrons. The minimum absolute atomic E-state index is 0.0980. The number of hydrogen-bond donors (Lipinski definition) is 0. The van der Waals surface area contributed by atoms with Gasteiger partial charge in [0, 0.05) is 19.3 Å². The molecule has 0 spiro atoms. The van der Waals surface area contributed by atoms with Gasteiger partial charge in [0.1, 0.15) is 13.2 Å². The van der Waals surface area contributed by atoms with Crippen LogP contribution in [-0.2, 0) is 28.6 Å². The van der Waals surface area contributed by atoms with E-state index in [0.29, 0.717) is 19.3 Å². The molecule has 404 valence electrons. The van der Waals surface area contributed by atoms with Crippen LogP contribution in [-0.4, -0.2) is 37.2 Å². The molecule has 1 unspecified atom stereocenters. The van der Waals surface area contributed by atoms with Crippen LogP contribution in [0.25, 0.3) is 0 Å². The van der Waals surface area contributed by atoms with Gasteiger partial charge in [-0.25, -0.2) is 0 Å². The van der Waals surface area contributed by atoms with Crippen LogP contribution in [0, 0.1) is 0 Å². The van der Waals surface area contributed by atoms with Crippen molar-refractivity contribution in [2.45, 2.75) is 303 Å². The van der Waals surface area contributed by atoms with Gasteiger partial charge >= 0.3 is 17.9 Å². The Labute approximate surface area is 433 Å². The summed E-state index contributed by atoms with van der Waals surface area (Å²) in [7, 11) is 0. The van der Waals surface area contributed by atoms with Crippen LogP contribution >= 0.6 is 0 Å². The molecule has 6 heteroatoms. The van der Waals surface area contributed by atoms with E-state index in [0.717, 1.165) is 83.5 Å². The lowest BCUT2D eigenvalue weighted by Gasteiger charge is -2.18. The molecule has 70 heavy (non-hydrogen) atoms. The molecule has 6 nitrogen and oxygen atoms in total. The Kier molecular flexibility index (Phi) is 55.8. The van der Waals surface area contributed by atoms with Gasteiger partial charge in [0.25, 0.3) is 0 Å². The van der Waals surface area contributed by atoms with Gasteiger partial charge in [-0.05, 0) is 83.5 Å². The van der Waals surface area contributed by atoms with E-state index in [-0.39, 0.29) is 37.5 Å². The first-order chi connectivity index (χ1) is 34.5. The molecule has 0 aromatic rings. The summed E-state index contributed by atoms with van der Waals surface area (Å²) in [4.78, 5) is 38.2. The van der Waals surface area contributed by atoms with E-state index in [2.05, 4.69) is 93.7 Å². The lowest BCUT2D eigenvalue weighted by atomic mass is 10.0. The molecule has 0 bridgehead atoms. The monoisotopic (exact) mass is 977 g/mol. The molecule has 0 N–H and O–H groups in total. The molecule has 1 atom stereocenters. The summed E-state index contributed by atoms with van der Waals surface area (Å²) in [5.74, 6) is -0.954. The fraction of sp³-hybridized carbons (Fsp3) is 0.766. The van der Waals surface area contributed by atoms with Crippen molar-refractivity contribution in [3.8, 4) is 0 Å². The van der Waals surface area contributed by atoms with Crippen molar-refractivity contribution in [3.05, 3.63) is 72.9 Å². The molecule has 0 rings (SSSR count). The second-order valence-electron chi connectivity index (χ2n) is 19.9. The summed E-state index contributed by atoms with van der Waals surface area (Å²) in [6, 6.07) is 0. The lowest BCUT2D eigenvalue weighted by Crippen LogP contribution is -2.30. The van der Waals surface area contributed by atoms with Crippen LogP contribution in [0.3, 0.4) is 0 Å². The van der Waals surface area contributed by atoms with Crippen LogP contribution in [0.5, 0.6) is 0 Å². The maximum absolute atomic E-state index is 12.8. The number of carbonyl (C=O) groups is 3. The van der Waals surface area contributed by atoms with Crippen LogP contribution in [0.15, 0.2) is 72.9 Å². The Morgan fingerprint density at radius 1 is 0.300 bits per heavy atom. The van der Waals surface area contributed by atoms with Crippen LogP contribution in [0.4, 0.5) is 0 Å². The minimum atomic E-state index is -0.807. The standard InChI is InChI=1S/C64H112O6/c1-4-7-10-13-16-19-22-25-28-30-31-32-33-35-36-39-42-45-48-51-54-57-63(66)69-60-61(59-68-62(65)56-53-50-47-44-41-38-27-24-21-18-15-12-9-6-3)70-64(67)58-55-52-49-46-43-40-37-34-29-26-23-20-17-14-11-8-5-2/h8,11,17,20,24,26-27,29,37,40,46,49,61H,4-7,9-10,12-16,18-19,21-23,25,28,30-36,38-39,41-45,47-48,50-60H2,1-3H3/b11-8-,20-17-,27-24-,29-26-,40-37-,49-46-. The molecule has 0 saturated carbocycles. The predicted octanol–water partition coefficient (Wildman–Crippen LogP) is 20.2. The zero-order chi connectivity index (χ0) is 50.7. The van der Waals surface area contributed by atoms with E-state index in [1.165, 1.54) is 167 Å². The Balaban J connectivity index is 4.40. The van der Waals surface area contributed by atoms with Crippen molar-refractivity contribution in [1.82, 2.24) is 0 Å². The first-order valence-corrected chi connectivity index (χ1v) is 29.9. The van der Waals surface area contributed by atoms with E-state index in [1.54, 1.807) is 0 Å². The van der Waals surface area contributed by atoms with Gasteiger partial charge in [-0.15, -0.1) is 0 Å². The lowest BCUT2D eigenvalue weighted by molar-refractivity contribution is -0.167. The largest absolute Gasteiger partial charge is 0.462 e. The molecular formula is C64H112O6. The highest BCUT2D eigenvalue weighted by Crippen LogP contribution is 2.16. The van der Waals surface area contributed by atoms with E-state index in [1.807, 2.05) is 0 Å². The van der Waals surface area contributed by atoms with Gasteiger partial charge in [-0.3, -0.25) is 14.4 Å². The molecule has 0 aliphatic carbocycles. The molecule has 0 aromatic heterocycles. The third-order valence-electron chi connectivity index (χ3n) is 12.9. The summed E-state index contributed by atoms with van der Waals surface area (Å²) >= 11 is 0. The first-order valence-electron chi connectivity index (χ1n) is 29.9. The average molecular weight is 978 g/mol. The van der Waals surface area contributed by atoms with Gasteiger partial charge in [0.05, 0.1) is 0 Å². The Morgan fingerprint density at radius 3 is 0.929 bits per heavy atom. The van der Waals surface area contributed by atoms with Crippen molar-refractivity contribution in [2.75, 3.05) is 13.2 Å². The zero-order valence-electron chi connectivity index (χ0n) is 46.3. The summed E-state index contributed by atoms with van der Waals surface area (Å²) in [5.41, 5.74) is 0. The predicted molar refractivity (Wildman–Crippen MR) is 302 cm³/mol. The van der Waals surface area contributed by atoms with Crippen molar-refractivity contribution in [3.63, 3.8) is 0 Å². The molecule has 0 aliphatic rings. The molecular weight excluding hydrogens is 865 g/mol. The maximum atomic E-state index is 12.8. The maximum Gasteiger partial charge on any atom is 0.306 e. The van der Waals surface area contributed by atoms with Crippen LogP contribution < -0.4 is 0 Å². The van der Waals surface area contributed by atoms with Crippen molar-refractivity contribution in [1.29, 1.82) is 0 Å². The number of rotatable bonds is 54. The van der Waals surface area contributed by atoms with Gasteiger partial charge in [-0.1, -0.05) is 267 Å². The number of esters is 3. The summed E-state index contributed by atoms with van der Waals surface area (Å²) in [5, 5.41) is 0. The van der Waals surface area contributed by atoms with E-state index in [4.69, 9.17) is 14.2 Å². The third kappa shape index (κ3) is 55.8. The van der Waals surface area contributed by atoms with E-state index < -0.39 is 6.10 Å². The zero-order valence-corrected chi connectivity index (χ0v) is 46.3. The molecule has 0 fully saturated rings. The number of allylic oxidation sites excluding steroid dienone is 12. The Morgan fingerprint density at radius 2 is 0.571 bits per heavy atom. The number of unbranched alkanes of at least 4 members (excludes halogenated alkanes) is 31. The van der Waals surface area contributed by atoms with Gasteiger partial charge in [-0.2, -0.15) is 0 Å². The quantitative estimate of drug-likeness (QED) is 0.0261. The topological polar surface area (TPSA) is 78.9 Å². The average Bonchev–Trinajstić information content (AvgIpc) is 3.36. The fourth-order valence-electron chi connectivity index (χ4n) is 8.47. The number of hydrogen-bond acceptors (Lipinski definition) is 6. The molecule has 0 heterocycles. The van der Waals surface area contributed by atoms with Crippen LogP contribution in [0.1, 0.15) is 297 Å². The van der Waals surface area contributed by atoms with Crippen LogP contribution in [0.2, 0.25) is 0 Å². The number of ether oxygens (including phenoxy) is 3. The Bertz CT molecular complexity index is 1310. The smallest absolute Gasteiger partial charge is 0.306 e. The SMILES string of the molecule is CC/C=C\C/C=C\C/C=C\C/C=C\C/C=C\CCCC(=O)OC(COC(=O)CCCCCCC/C=C\CCCCCCC)COC(=O)CCCCCCCCCCCCCCCCCCCCCCC. The minimum Gasteiger partial charge on any atom is -0.462 e. The normalized spacial score (nSPS) is 12.6. The molecule has 0 amide bonds. The van der Waals surface area contributed by atoms with Crippen molar-refractivity contribution in [2.24, 2.45) is 0 Å². The first kappa shape index (κ1) is 66.9. The van der Waals surface area contributed by atoms with Gasteiger partial charge < -0.3 is 14.2 Å². The van der Waals surface area contributed by atoms with E-state index in [9.17, 15) is 14.4 Å². The summed E-state index contributed by atoms with van der Waals surface area (Å²) in [6.45, 7) is 6.49. The summed E-state index contributed by atoms with van der Waals surface area (Å²) in [6.07, 6.45) is 74.8. The Hall–Kier alpha value is -3.15. The second kappa shape index (κ2) is 58.4. The molecule has 0 saturated heterocycles. The van der Waals surface area contributed by atoms with Crippen molar-refractivity contribution < 1.29 is 28.6 Å². The summed E-state index contributed by atoms with van der Waals surface area (Å²) < 4.78 is 16.8. The molecule has 0 aliphatic heterocycles. The third-order valence-corrected chi connectivity index (χ3v) is 12.9. The highest BCUT2D eigenvalue weighted by molar-refractivity contribution is 5.71. The highest BCUT2D eigenvalue weighted by Gasteiger charge is 2.19. The second-order valence-corrected chi connectivity index (χ2v) is 19.9.